The van der Waals surface area contributed by atoms with Crippen molar-refractivity contribution in [3.63, 3.8) is 0 Å². The van der Waals surface area contributed by atoms with E-state index in [1.165, 1.54) is 5.56 Å². The highest BCUT2D eigenvalue weighted by Crippen LogP contribution is 2.10. The minimum atomic E-state index is -0.179. The Kier molecular flexibility index (Phi) is 4.53. The second-order valence-corrected chi connectivity index (χ2v) is 4.93. The normalized spacial score (nSPS) is 10.8. The summed E-state index contributed by atoms with van der Waals surface area (Å²) in [6.45, 7) is 5.09. The molecule has 5 heteroatoms. The Bertz CT molecular complexity index is 572. The van der Waals surface area contributed by atoms with Crippen LogP contribution in [0.1, 0.15) is 29.9 Å². The molecule has 0 bridgehead atoms. The van der Waals surface area contributed by atoms with E-state index in [9.17, 15) is 4.79 Å². The van der Waals surface area contributed by atoms with Gasteiger partial charge in [0.2, 0.25) is 0 Å². The number of amides is 1. The molecule has 20 heavy (non-hydrogen) atoms. The number of aromatic nitrogens is 2. The molecule has 0 saturated heterocycles. The van der Waals surface area contributed by atoms with E-state index in [-0.39, 0.29) is 5.91 Å². The van der Waals surface area contributed by atoms with Crippen molar-refractivity contribution in [2.45, 2.75) is 26.4 Å². The summed E-state index contributed by atoms with van der Waals surface area (Å²) < 4.78 is 1.70. The zero-order valence-corrected chi connectivity index (χ0v) is 12.1. The standard InChI is InChI=1S/C15H20N4O/c1-11(2)17-10-12-4-6-13(7-5-12)19-9-8-14(18-19)15(20)16-3/h4-9,11,17H,10H2,1-3H3,(H,16,20). The zero-order chi connectivity index (χ0) is 14.5. The fourth-order valence-corrected chi connectivity index (χ4v) is 1.81. The van der Waals surface area contributed by atoms with E-state index in [2.05, 4.69) is 41.7 Å². The first-order valence-electron chi connectivity index (χ1n) is 6.70. The van der Waals surface area contributed by atoms with Gasteiger partial charge in [-0.2, -0.15) is 5.10 Å². The molecule has 1 amide bonds. The Balaban J connectivity index is 2.09. The molecule has 0 fully saturated rings. The fraction of sp³-hybridized carbons (Fsp3) is 0.333. The summed E-state index contributed by atoms with van der Waals surface area (Å²) in [6, 6.07) is 10.3. The Morgan fingerprint density at radius 2 is 1.95 bits per heavy atom. The maximum absolute atomic E-state index is 11.5. The van der Waals surface area contributed by atoms with Gasteiger partial charge in [-0.3, -0.25) is 4.79 Å². The lowest BCUT2D eigenvalue weighted by molar-refractivity contribution is 0.0957. The van der Waals surface area contributed by atoms with Gasteiger partial charge in [0, 0.05) is 25.8 Å². The van der Waals surface area contributed by atoms with Crippen LogP contribution in [0.2, 0.25) is 0 Å². The molecule has 0 spiro atoms. The number of carbonyl (C=O) groups excluding carboxylic acids is 1. The minimum absolute atomic E-state index is 0.179. The topological polar surface area (TPSA) is 59.0 Å². The van der Waals surface area contributed by atoms with E-state index in [0.717, 1.165) is 12.2 Å². The van der Waals surface area contributed by atoms with Crippen LogP contribution in [0.25, 0.3) is 5.69 Å². The van der Waals surface area contributed by atoms with Gasteiger partial charge in [-0.05, 0) is 23.8 Å². The molecule has 1 heterocycles. The highest BCUT2D eigenvalue weighted by molar-refractivity contribution is 5.91. The lowest BCUT2D eigenvalue weighted by atomic mass is 10.2. The van der Waals surface area contributed by atoms with Gasteiger partial charge in [0.25, 0.3) is 5.91 Å². The van der Waals surface area contributed by atoms with Crippen LogP contribution in [0, 0.1) is 0 Å². The molecule has 2 N–H and O–H groups in total. The summed E-state index contributed by atoms with van der Waals surface area (Å²) in [5.74, 6) is -0.179. The minimum Gasteiger partial charge on any atom is -0.354 e. The van der Waals surface area contributed by atoms with Crippen LogP contribution in [0.3, 0.4) is 0 Å². The Morgan fingerprint density at radius 1 is 1.25 bits per heavy atom. The van der Waals surface area contributed by atoms with Crippen molar-refractivity contribution in [2.24, 2.45) is 0 Å². The average molecular weight is 272 g/mol. The number of nitrogens with zero attached hydrogens (tertiary/aromatic N) is 2. The molecule has 0 aliphatic heterocycles. The number of hydrogen-bond donors (Lipinski definition) is 2. The molecule has 0 radical (unpaired) electrons. The summed E-state index contributed by atoms with van der Waals surface area (Å²) in [5.41, 5.74) is 2.58. The Hall–Kier alpha value is -2.14. The van der Waals surface area contributed by atoms with E-state index >= 15 is 0 Å². The molecule has 106 valence electrons. The number of hydrogen-bond acceptors (Lipinski definition) is 3. The lowest BCUT2D eigenvalue weighted by Gasteiger charge is -2.08. The first kappa shape index (κ1) is 14.3. The Labute approximate surface area is 119 Å². The van der Waals surface area contributed by atoms with Crippen molar-refractivity contribution >= 4 is 5.91 Å². The molecule has 1 aromatic heterocycles. The Morgan fingerprint density at radius 3 is 2.55 bits per heavy atom. The van der Waals surface area contributed by atoms with E-state index in [0.29, 0.717) is 11.7 Å². The lowest BCUT2D eigenvalue weighted by Crippen LogP contribution is -2.21. The third-order valence-electron chi connectivity index (χ3n) is 2.96. The van der Waals surface area contributed by atoms with Crippen molar-refractivity contribution in [1.82, 2.24) is 20.4 Å². The maximum Gasteiger partial charge on any atom is 0.271 e. The monoisotopic (exact) mass is 272 g/mol. The predicted molar refractivity (Wildman–Crippen MR) is 78.9 cm³/mol. The third-order valence-corrected chi connectivity index (χ3v) is 2.96. The van der Waals surface area contributed by atoms with Gasteiger partial charge in [0.15, 0.2) is 5.69 Å². The second kappa shape index (κ2) is 6.34. The largest absolute Gasteiger partial charge is 0.354 e. The van der Waals surface area contributed by atoms with Crippen LogP contribution >= 0.6 is 0 Å². The van der Waals surface area contributed by atoms with Gasteiger partial charge in [-0.1, -0.05) is 26.0 Å². The van der Waals surface area contributed by atoms with Crippen LogP contribution in [-0.4, -0.2) is 28.8 Å². The zero-order valence-electron chi connectivity index (χ0n) is 12.1. The van der Waals surface area contributed by atoms with Gasteiger partial charge in [0.1, 0.15) is 0 Å². The number of nitrogens with one attached hydrogen (secondary N) is 2. The van der Waals surface area contributed by atoms with E-state index in [4.69, 9.17) is 0 Å². The summed E-state index contributed by atoms with van der Waals surface area (Å²) in [4.78, 5) is 11.5. The molecule has 0 saturated carbocycles. The fourth-order valence-electron chi connectivity index (χ4n) is 1.81. The van der Waals surface area contributed by atoms with Gasteiger partial charge < -0.3 is 10.6 Å². The SMILES string of the molecule is CNC(=O)c1ccn(-c2ccc(CNC(C)C)cc2)n1. The van der Waals surface area contributed by atoms with Crippen molar-refractivity contribution in [2.75, 3.05) is 7.05 Å². The van der Waals surface area contributed by atoms with Crippen LogP contribution in [-0.2, 0) is 6.54 Å². The van der Waals surface area contributed by atoms with Gasteiger partial charge in [-0.25, -0.2) is 4.68 Å². The molecule has 5 nitrogen and oxygen atoms in total. The molecule has 2 aromatic rings. The number of benzene rings is 1. The smallest absolute Gasteiger partial charge is 0.271 e. The van der Waals surface area contributed by atoms with E-state index < -0.39 is 0 Å². The van der Waals surface area contributed by atoms with Gasteiger partial charge in [0.05, 0.1) is 5.69 Å². The molecule has 0 aliphatic rings. The summed E-state index contributed by atoms with van der Waals surface area (Å²) in [7, 11) is 1.60. The van der Waals surface area contributed by atoms with Crippen LogP contribution < -0.4 is 10.6 Å². The summed E-state index contributed by atoms with van der Waals surface area (Å²) in [6.07, 6.45) is 1.78. The maximum atomic E-state index is 11.5. The number of carbonyl (C=O) groups is 1. The molecular formula is C15H20N4O. The van der Waals surface area contributed by atoms with E-state index in [1.54, 1.807) is 24.0 Å². The van der Waals surface area contributed by atoms with Crippen molar-refractivity contribution < 1.29 is 4.79 Å². The third kappa shape index (κ3) is 3.45. The van der Waals surface area contributed by atoms with E-state index in [1.807, 2.05) is 12.1 Å². The van der Waals surface area contributed by atoms with Crippen LogP contribution in [0.15, 0.2) is 36.5 Å². The molecule has 1 aromatic carbocycles. The van der Waals surface area contributed by atoms with Crippen LogP contribution in [0.5, 0.6) is 0 Å². The quantitative estimate of drug-likeness (QED) is 0.871. The number of rotatable bonds is 5. The molecule has 2 rings (SSSR count). The highest BCUT2D eigenvalue weighted by Gasteiger charge is 2.07. The van der Waals surface area contributed by atoms with Crippen molar-refractivity contribution in [3.8, 4) is 5.69 Å². The summed E-state index contributed by atoms with van der Waals surface area (Å²) >= 11 is 0. The van der Waals surface area contributed by atoms with Gasteiger partial charge in [-0.15, -0.1) is 0 Å². The summed E-state index contributed by atoms with van der Waals surface area (Å²) in [5, 5.41) is 10.2. The van der Waals surface area contributed by atoms with Crippen molar-refractivity contribution in [1.29, 1.82) is 0 Å². The molecule has 0 unspecified atom stereocenters. The molecular weight excluding hydrogens is 252 g/mol. The average Bonchev–Trinajstić information content (AvgIpc) is 2.94. The predicted octanol–water partition coefficient (Wildman–Crippen LogP) is 1.73. The second-order valence-electron chi connectivity index (χ2n) is 4.93. The highest BCUT2D eigenvalue weighted by atomic mass is 16.1. The van der Waals surface area contributed by atoms with Crippen LogP contribution in [0.4, 0.5) is 0 Å². The molecule has 0 atom stereocenters. The first-order chi connectivity index (χ1) is 9.60. The molecule has 0 aliphatic carbocycles. The van der Waals surface area contributed by atoms with Crippen molar-refractivity contribution in [3.05, 3.63) is 47.8 Å². The van der Waals surface area contributed by atoms with Gasteiger partial charge >= 0.3 is 0 Å². The first-order valence-corrected chi connectivity index (χ1v) is 6.70.